The van der Waals surface area contributed by atoms with Gasteiger partial charge in [0.25, 0.3) is 11.2 Å². The van der Waals surface area contributed by atoms with E-state index in [0.29, 0.717) is 23.2 Å². The van der Waals surface area contributed by atoms with Gasteiger partial charge in [-0.15, -0.1) is 0 Å². The number of unbranched alkanes of at least 4 members (excludes halogenated alkanes) is 5. The van der Waals surface area contributed by atoms with E-state index in [-0.39, 0.29) is 23.6 Å². The summed E-state index contributed by atoms with van der Waals surface area (Å²) < 4.78 is 13.1. The maximum atomic E-state index is 13.4. The maximum absolute atomic E-state index is 13.4. The van der Waals surface area contributed by atoms with E-state index in [2.05, 4.69) is 33.8 Å². The first-order valence-corrected chi connectivity index (χ1v) is 12.6. The molecule has 0 bridgehead atoms. The Labute approximate surface area is 208 Å². The maximum Gasteiger partial charge on any atom is 0.297 e. The van der Waals surface area contributed by atoms with Crippen molar-refractivity contribution in [1.82, 2.24) is 4.57 Å². The highest BCUT2D eigenvalue weighted by atomic mass is 16.6. The molecule has 0 unspecified atom stereocenters. The molecule has 0 saturated heterocycles. The number of hydrogen-bond acceptors (Lipinski definition) is 5. The lowest BCUT2D eigenvalue weighted by molar-refractivity contribution is -0.384. The van der Waals surface area contributed by atoms with Crippen LogP contribution in [0.1, 0.15) is 79.1 Å². The van der Waals surface area contributed by atoms with E-state index >= 15 is 0 Å². The molecule has 192 valence electrons. The van der Waals surface area contributed by atoms with E-state index in [1.54, 1.807) is 10.6 Å². The molecule has 0 amide bonds. The van der Waals surface area contributed by atoms with Gasteiger partial charge in [-0.2, -0.15) is 0 Å². The van der Waals surface area contributed by atoms with Crippen LogP contribution in [0.15, 0.2) is 46.3 Å². The zero-order chi connectivity index (χ0) is 25.8. The lowest BCUT2D eigenvalue weighted by atomic mass is 10.1. The minimum absolute atomic E-state index is 0.0558. The van der Waals surface area contributed by atoms with Crippen LogP contribution in [0.4, 0.5) is 5.69 Å². The second kappa shape index (κ2) is 14.3. The molecule has 0 N–H and O–H groups in total. The number of hydrogen-bond donors (Lipinski definition) is 0. The average molecular weight is 485 g/mol. The second-order valence-corrected chi connectivity index (χ2v) is 9.23. The van der Waals surface area contributed by atoms with Gasteiger partial charge in [-0.1, -0.05) is 56.3 Å². The molecule has 7 nitrogen and oxygen atoms in total. The van der Waals surface area contributed by atoms with Crippen molar-refractivity contribution in [3.05, 3.63) is 62.0 Å². The van der Waals surface area contributed by atoms with E-state index < -0.39 is 4.92 Å². The van der Waals surface area contributed by atoms with Crippen LogP contribution in [0.5, 0.6) is 11.5 Å². The molecule has 0 saturated carbocycles. The Morgan fingerprint density at radius 2 is 1.77 bits per heavy atom. The Balaban J connectivity index is 2.36. The van der Waals surface area contributed by atoms with E-state index in [0.717, 1.165) is 32.1 Å². The normalized spacial score (nSPS) is 11.5. The Morgan fingerprint density at radius 1 is 1.06 bits per heavy atom. The minimum atomic E-state index is -0.442. The third-order valence-electron chi connectivity index (χ3n) is 6.06. The standard InChI is InChI=1S/C28H40N2O5/c1-6-7-8-9-10-11-18-29-25-20-23(30(32)33)15-16-24(25)26(27(34-5)28(29)31)35-19-17-22(4)14-12-13-21(2)3/h13,15-17,20H,6-12,14,18-19H2,1-5H3. The van der Waals surface area contributed by atoms with Crippen LogP contribution in [0.25, 0.3) is 10.9 Å². The van der Waals surface area contributed by atoms with Gasteiger partial charge in [-0.05, 0) is 52.2 Å². The first kappa shape index (κ1) is 28.1. The van der Waals surface area contributed by atoms with Crippen molar-refractivity contribution in [3.8, 4) is 11.5 Å². The number of rotatable bonds is 15. The number of nitrogens with zero attached hydrogens (tertiary/aromatic N) is 2. The summed E-state index contributed by atoms with van der Waals surface area (Å²) in [5.74, 6) is 0.461. The van der Waals surface area contributed by atoms with Gasteiger partial charge < -0.3 is 14.0 Å². The zero-order valence-electron chi connectivity index (χ0n) is 21.9. The Hall–Kier alpha value is -3.09. The monoisotopic (exact) mass is 484 g/mol. The van der Waals surface area contributed by atoms with Gasteiger partial charge >= 0.3 is 0 Å². The summed E-state index contributed by atoms with van der Waals surface area (Å²) >= 11 is 0. The summed E-state index contributed by atoms with van der Waals surface area (Å²) in [5.41, 5.74) is 2.60. The lowest BCUT2D eigenvalue weighted by Gasteiger charge is -2.17. The highest BCUT2D eigenvalue weighted by Gasteiger charge is 2.21. The summed E-state index contributed by atoms with van der Waals surface area (Å²) in [5, 5.41) is 12.1. The summed E-state index contributed by atoms with van der Waals surface area (Å²) in [4.78, 5) is 24.3. The minimum Gasteiger partial charge on any atom is -0.488 e. The average Bonchev–Trinajstić information content (AvgIpc) is 2.82. The van der Waals surface area contributed by atoms with E-state index in [1.165, 1.54) is 49.7 Å². The van der Waals surface area contributed by atoms with Gasteiger partial charge in [-0.25, -0.2) is 0 Å². The van der Waals surface area contributed by atoms with Crippen molar-refractivity contribution in [1.29, 1.82) is 0 Å². The van der Waals surface area contributed by atoms with E-state index in [4.69, 9.17) is 9.47 Å². The van der Waals surface area contributed by atoms with Crippen LogP contribution >= 0.6 is 0 Å². The predicted octanol–water partition coefficient (Wildman–Crippen LogP) is 7.35. The van der Waals surface area contributed by atoms with E-state index in [1.807, 2.05) is 6.08 Å². The number of aromatic nitrogens is 1. The Kier molecular flexibility index (Phi) is 11.5. The first-order chi connectivity index (χ1) is 16.8. The Bertz CT molecular complexity index is 1110. The van der Waals surface area contributed by atoms with E-state index in [9.17, 15) is 14.9 Å². The molecule has 0 fully saturated rings. The fourth-order valence-corrected chi connectivity index (χ4v) is 4.05. The van der Waals surface area contributed by atoms with Gasteiger partial charge in [0.2, 0.25) is 5.75 Å². The van der Waals surface area contributed by atoms with Crippen molar-refractivity contribution >= 4 is 16.6 Å². The number of nitro groups is 1. The number of ether oxygens (including phenoxy) is 2. The first-order valence-electron chi connectivity index (χ1n) is 12.6. The number of aryl methyl sites for hydroxylation is 1. The van der Waals surface area contributed by atoms with Crippen molar-refractivity contribution < 1.29 is 14.4 Å². The quantitative estimate of drug-likeness (QED) is 0.114. The van der Waals surface area contributed by atoms with Gasteiger partial charge in [0.1, 0.15) is 6.61 Å². The van der Waals surface area contributed by atoms with Crippen LogP contribution < -0.4 is 15.0 Å². The zero-order valence-corrected chi connectivity index (χ0v) is 21.9. The number of benzene rings is 1. The third kappa shape index (κ3) is 8.26. The van der Waals surface area contributed by atoms with Crippen LogP contribution in [0.3, 0.4) is 0 Å². The molecular weight excluding hydrogens is 444 g/mol. The molecule has 1 aromatic carbocycles. The summed E-state index contributed by atoms with van der Waals surface area (Å²) in [6, 6.07) is 4.54. The molecule has 2 aromatic rings. The molecule has 2 rings (SSSR count). The van der Waals surface area contributed by atoms with Crippen LogP contribution in [-0.4, -0.2) is 23.2 Å². The van der Waals surface area contributed by atoms with Gasteiger partial charge in [0.15, 0.2) is 5.75 Å². The highest BCUT2D eigenvalue weighted by Crippen LogP contribution is 2.34. The van der Waals surface area contributed by atoms with Crippen LogP contribution in [0.2, 0.25) is 0 Å². The SMILES string of the molecule is CCCCCCCCn1c(=O)c(OC)c(OCC=C(C)CCC=C(C)C)c2ccc([N+](=O)[O-])cc21. The fraction of sp³-hybridized carbons (Fsp3) is 0.536. The summed E-state index contributed by atoms with van der Waals surface area (Å²) in [6.07, 6.45) is 12.6. The molecule has 0 atom stereocenters. The summed E-state index contributed by atoms with van der Waals surface area (Å²) in [7, 11) is 1.45. The molecule has 1 aromatic heterocycles. The number of fused-ring (bicyclic) bond motifs is 1. The third-order valence-corrected chi connectivity index (χ3v) is 6.06. The number of non-ortho nitro benzene ring substituents is 1. The largest absolute Gasteiger partial charge is 0.488 e. The lowest BCUT2D eigenvalue weighted by Crippen LogP contribution is -2.23. The van der Waals surface area contributed by atoms with Gasteiger partial charge in [-0.3, -0.25) is 14.9 Å². The number of pyridine rings is 1. The van der Waals surface area contributed by atoms with Gasteiger partial charge in [0.05, 0.1) is 17.5 Å². The second-order valence-electron chi connectivity index (χ2n) is 9.23. The summed E-state index contributed by atoms with van der Waals surface area (Å²) in [6.45, 7) is 9.15. The topological polar surface area (TPSA) is 83.6 Å². The highest BCUT2D eigenvalue weighted by molar-refractivity contribution is 5.89. The molecular formula is C28H40N2O5. The van der Waals surface area contributed by atoms with Gasteiger partial charge in [0, 0.05) is 24.1 Å². The molecule has 0 radical (unpaired) electrons. The fourth-order valence-electron chi connectivity index (χ4n) is 4.05. The molecule has 1 heterocycles. The molecule has 35 heavy (non-hydrogen) atoms. The molecule has 0 aliphatic heterocycles. The number of methoxy groups -OCH3 is 1. The number of nitro benzene ring substituents is 1. The van der Waals surface area contributed by atoms with Crippen LogP contribution in [-0.2, 0) is 6.54 Å². The number of allylic oxidation sites excluding steroid dienone is 3. The Morgan fingerprint density at radius 3 is 2.43 bits per heavy atom. The molecule has 0 aliphatic carbocycles. The molecule has 7 heteroatoms. The predicted molar refractivity (Wildman–Crippen MR) is 143 cm³/mol. The van der Waals surface area contributed by atoms with Crippen molar-refractivity contribution in [2.45, 2.75) is 85.6 Å². The van der Waals surface area contributed by atoms with Crippen molar-refractivity contribution in [3.63, 3.8) is 0 Å². The van der Waals surface area contributed by atoms with Crippen molar-refractivity contribution in [2.24, 2.45) is 0 Å². The van der Waals surface area contributed by atoms with Crippen LogP contribution in [0, 0.1) is 10.1 Å². The molecule has 0 aliphatic rings. The molecule has 0 spiro atoms. The van der Waals surface area contributed by atoms with Crippen molar-refractivity contribution in [2.75, 3.05) is 13.7 Å². The smallest absolute Gasteiger partial charge is 0.297 e.